The SMILES string of the molecule is C[C@]1(C(=O)O)OC2(CCCCC2)O[C@@H]1c1ccccc1F. The normalized spacial score (nSPS) is 31.4. The fraction of sp³-hybridized carbons (Fsp3) is 0.562. The highest BCUT2D eigenvalue weighted by Gasteiger charge is 2.59. The highest BCUT2D eigenvalue weighted by molar-refractivity contribution is 5.78. The Morgan fingerprint density at radius 3 is 2.57 bits per heavy atom. The molecule has 1 saturated carbocycles. The summed E-state index contributed by atoms with van der Waals surface area (Å²) in [5, 5.41) is 9.58. The summed E-state index contributed by atoms with van der Waals surface area (Å²) >= 11 is 0. The number of hydrogen-bond donors (Lipinski definition) is 1. The van der Waals surface area contributed by atoms with E-state index in [1.54, 1.807) is 18.2 Å². The maximum absolute atomic E-state index is 14.1. The van der Waals surface area contributed by atoms with E-state index in [9.17, 15) is 14.3 Å². The van der Waals surface area contributed by atoms with Crippen LogP contribution in [0.5, 0.6) is 0 Å². The Kier molecular flexibility index (Phi) is 3.50. The number of aliphatic carboxylic acids is 1. The van der Waals surface area contributed by atoms with E-state index in [0.717, 1.165) is 19.3 Å². The molecule has 1 aliphatic heterocycles. The van der Waals surface area contributed by atoms with Gasteiger partial charge in [0.1, 0.15) is 11.9 Å². The number of carboxylic acid groups (broad SMARTS) is 1. The molecular formula is C16H19FO4. The second-order valence-electron chi connectivity index (χ2n) is 6.01. The molecule has 114 valence electrons. The molecule has 5 heteroatoms. The zero-order valence-electron chi connectivity index (χ0n) is 12.0. The predicted molar refractivity (Wildman–Crippen MR) is 73.2 cm³/mol. The maximum Gasteiger partial charge on any atom is 0.338 e. The van der Waals surface area contributed by atoms with Crippen LogP contribution in [0.4, 0.5) is 4.39 Å². The van der Waals surface area contributed by atoms with Gasteiger partial charge in [-0.3, -0.25) is 0 Å². The molecule has 4 nitrogen and oxygen atoms in total. The van der Waals surface area contributed by atoms with Crippen LogP contribution in [0.15, 0.2) is 24.3 Å². The van der Waals surface area contributed by atoms with Gasteiger partial charge < -0.3 is 14.6 Å². The second-order valence-corrected chi connectivity index (χ2v) is 6.01. The molecule has 1 N–H and O–H groups in total. The summed E-state index contributed by atoms with van der Waals surface area (Å²) in [4.78, 5) is 11.7. The van der Waals surface area contributed by atoms with E-state index in [4.69, 9.17) is 9.47 Å². The van der Waals surface area contributed by atoms with Gasteiger partial charge in [-0.05, 0) is 25.8 Å². The van der Waals surface area contributed by atoms with E-state index < -0.39 is 29.3 Å². The van der Waals surface area contributed by atoms with E-state index >= 15 is 0 Å². The summed E-state index contributed by atoms with van der Waals surface area (Å²) in [6.45, 7) is 1.47. The van der Waals surface area contributed by atoms with Crippen LogP contribution in [0, 0.1) is 5.82 Å². The van der Waals surface area contributed by atoms with Crippen LogP contribution in [-0.2, 0) is 14.3 Å². The average molecular weight is 294 g/mol. The van der Waals surface area contributed by atoms with Gasteiger partial charge in [0.15, 0.2) is 11.4 Å². The highest BCUT2D eigenvalue weighted by Crippen LogP contribution is 2.51. The number of carbonyl (C=O) groups is 1. The molecule has 1 heterocycles. The van der Waals surface area contributed by atoms with Crippen LogP contribution in [0.25, 0.3) is 0 Å². The molecule has 0 bridgehead atoms. The summed E-state index contributed by atoms with van der Waals surface area (Å²) in [5.41, 5.74) is -1.33. The minimum Gasteiger partial charge on any atom is -0.479 e. The maximum atomic E-state index is 14.1. The zero-order chi connectivity index (χ0) is 15.1. The third-order valence-electron chi connectivity index (χ3n) is 4.46. The smallest absolute Gasteiger partial charge is 0.338 e. The molecule has 1 saturated heterocycles. The van der Waals surface area contributed by atoms with Crippen molar-refractivity contribution in [1.82, 2.24) is 0 Å². The van der Waals surface area contributed by atoms with Gasteiger partial charge in [0.25, 0.3) is 0 Å². The third-order valence-corrected chi connectivity index (χ3v) is 4.46. The molecular weight excluding hydrogens is 275 g/mol. The Morgan fingerprint density at radius 2 is 1.95 bits per heavy atom. The van der Waals surface area contributed by atoms with Crippen molar-refractivity contribution in [3.63, 3.8) is 0 Å². The molecule has 2 atom stereocenters. The Balaban J connectivity index is 2.01. The summed E-state index contributed by atoms with van der Waals surface area (Å²) in [7, 11) is 0. The first-order chi connectivity index (χ1) is 9.97. The van der Waals surface area contributed by atoms with Crippen molar-refractivity contribution in [2.45, 2.75) is 56.5 Å². The molecule has 21 heavy (non-hydrogen) atoms. The van der Waals surface area contributed by atoms with Crippen molar-refractivity contribution in [3.05, 3.63) is 35.6 Å². The molecule has 3 rings (SSSR count). The van der Waals surface area contributed by atoms with Crippen LogP contribution >= 0.6 is 0 Å². The highest BCUT2D eigenvalue weighted by atomic mass is 19.1. The first kappa shape index (κ1) is 14.5. The van der Waals surface area contributed by atoms with Crippen molar-refractivity contribution in [3.8, 4) is 0 Å². The molecule has 0 radical (unpaired) electrons. The number of rotatable bonds is 2. The largest absolute Gasteiger partial charge is 0.479 e. The van der Waals surface area contributed by atoms with Gasteiger partial charge in [-0.2, -0.15) is 0 Å². The molecule has 1 aromatic carbocycles. The molecule has 0 aromatic heterocycles. The van der Waals surface area contributed by atoms with Gasteiger partial charge in [0.2, 0.25) is 0 Å². The van der Waals surface area contributed by atoms with Gasteiger partial charge in [0, 0.05) is 18.4 Å². The van der Waals surface area contributed by atoms with Crippen LogP contribution in [0.1, 0.15) is 50.7 Å². The van der Waals surface area contributed by atoms with Crippen molar-refractivity contribution in [1.29, 1.82) is 0 Å². The topological polar surface area (TPSA) is 55.8 Å². The van der Waals surface area contributed by atoms with Crippen LogP contribution in [0.3, 0.4) is 0 Å². The number of halogens is 1. The van der Waals surface area contributed by atoms with Crippen LogP contribution in [0.2, 0.25) is 0 Å². The number of carboxylic acids is 1. The van der Waals surface area contributed by atoms with Crippen molar-refractivity contribution < 1.29 is 23.8 Å². The Morgan fingerprint density at radius 1 is 1.29 bits per heavy atom. The van der Waals surface area contributed by atoms with Gasteiger partial charge in [-0.15, -0.1) is 0 Å². The summed E-state index contributed by atoms with van der Waals surface area (Å²) in [5.74, 6) is -2.48. The lowest BCUT2D eigenvalue weighted by Gasteiger charge is -2.32. The molecule has 0 unspecified atom stereocenters. The van der Waals surface area contributed by atoms with E-state index in [1.165, 1.54) is 13.0 Å². The first-order valence-electron chi connectivity index (χ1n) is 7.33. The van der Waals surface area contributed by atoms with Gasteiger partial charge in [-0.25, -0.2) is 9.18 Å². The number of hydrogen-bond acceptors (Lipinski definition) is 3. The first-order valence-corrected chi connectivity index (χ1v) is 7.33. The standard InChI is InChI=1S/C16H19FO4/c1-15(14(18)19)13(11-7-3-4-8-12(11)17)20-16(21-15)9-5-2-6-10-16/h3-4,7-8,13H,2,5-6,9-10H2,1H3,(H,18,19)/t13-,15+/m1/s1. The Labute approximate surface area is 122 Å². The Bertz CT molecular complexity index is 553. The van der Waals surface area contributed by atoms with Crippen molar-refractivity contribution >= 4 is 5.97 Å². The molecule has 1 spiro atoms. The van der Waals surface area contributed by atoms with Gasteiger partial charge in [-0.1, -0.05) is 24.6 Å². The van der Waals surface area contributed by atoms with Crippen LogP contribution < -0.4 is 0 Å². The fourth-order valence-corrected chi connectivity index (χ4v) is 3.31. The van der Waals surface area contributed by atoms with E-state index in [0.29, 0.717) is 12.8 Å². The number of ether oxygens (including phenoxy) is 2. The quantitative estimate of drug-likeness (QED) is 0.908. The third kappa shape index (κ3) is 2.34. The van der Waals surface area contributed by atoms with Gasteiger partial charge >= 0.3 is 5.97 Å². The average Bonchev–Trinajstić information content (AvgIpc) is 2.74. The monoisotopic (exact) mass is 294 g/mol. The molecule has 2 aliphatic rings. The minimum atomic E-state index is -1.57. The van der Waals surface area contributed by atoms with Gasteiger partial charge in [0.05, 0.1) is 0 Å². The summed E-state index contributed by atoms with van der Waals surface area (Å²) < 4.78 is 25.9. The predicted octanol–water partition coefficient (Wildman–Crippen LogP) is 3.42. The molecule has 2 fully saturated rings. The number of benzene rings is 1. The van der Waals surface area contributed by atoms with E-state index in [-0.39, 0.29) is 5.56 Å². The molecule has 0 amide bonds. The molecule has 1 aromatic rings. The zero-order valence-corrected chi connectivity index (χ0v) is 12.0. The van der Waals surface area contributed by atoms with Crippen molar-refractivity contribution in [2.24, 2.45) is 0 Å². The summed E-state index contributed by atoms with van der Waals surface area (Å²) in [6, 6.07) is 6.12. The lowest BCUT2D eigenvalue weighted by atomic mass is 9.92. The lowest BCUT2D eigenvalue weighted by Crippen LogP contribution is -2.42. The van der Waals surface area contributed by atoms with E-state index in [2.05, 4.69) is 0 Å². The minimum absolute atomic E-state index is 0.241. The van der Waals surface area contributed by atoms with E-state index in [1.807, 2.05) is 0 Å². The molecule has 1 aliphatic carbocycles. The second kappa shape index (κ2) is 5.07. The lowest BCUT2D eigenvalue weighted by molar-refractivity contribution is -0.211. The van der Waals surface area contributed by atoms with Crippen LogP contribution in [-0.4, -0.2) is 22.5 Å². The Hall–Kier alpha value is -1.46. The summed E-state index contributed by atoms with van der Waals surface area (Å²) in [6.07, 6.45) is 3.32. The van der Waals surface area contributed by atoms with Crippen molar-refractivity contribution in [2.75, 3.05) is 0 Å². The fourth-order valence-electron chi connectivity index (χ4n) is 3.31.